The molecule has 12 heavy (non-hydrogen) atoms. The van der Waals surface area contributed by atoms with E-state index < -0.39 is 0 Å². The van der Waals surface area contributed by atoms with Gasteiger partial charge in [0.15, 0.2) is 0 Å². The van der Waals surface area contributed by atoms with Crippen LogP contribution in [0.25, 0.3) is 0 Å². The van der Waals surface area contributed by atoms with E-state index >= 15 is 0 Å². The van der Waals surface area contributed by atoms with E-state index in [-0.39, 0.29) is 46.7 Å². The molecule has 65 valence electrons. The van der Waals surface area contributed by atoms with Crippen molar-refractivity contribution >= 4 is 0 Å². The van der Waals surface area contributed by atoms with Crippen LogP contribution in [0, 0.1) is 14.4 Å². The normalized spacial score (nSPS) is 8.17. The summed E-state index contributed by atoms with van der Waals surface area (Å²) in [6.45, 7) is 2.28. The maximum absolute atomic E-state index is 8.09. The number of hydrogen-bond acceptors (Lipinski definition) is 2. The first-order chi connectivity index (χ1) is 4.83. The third-order valence-electron chi connectivity index (χ3n) is 1.35. The standard InChI is InChI=1S/C8H10O2.CH3.Y/c1-7-2-4-8(5-3-7)6-10-9;;/h2-5,9H,6H2,1H3;1H3;/q;-1;. The SMILES string of the molecule is Cc1ccc(COO)cc1.[CH3-].[Y]. The summed E-state index contributed by atoms with van der Waals surface area (Å²) >= 11 is 0. The number of rotatable bonds is 2. The topological polar surface area (TPSA) is 29.5 Å². The van der Waals surface area contributed by atoms with Crippen LogP contribution >= 0.6 is 0 Å². The molecule has 0 atom stereocenters. The van der Waals surface area contributed by atoms with Gasteiger partial charge in [-0.2, -0.15) is 0 Å². The van der Waals surface area contributed by atoms with Crippen molar-refractivity contribution in [2.45, 2.75) is 13.5 Å². The van der Waals surface area contributed by atoms with Gasteiger partial charge in [0.05, 0.1) is 0 Å². The van der Waals surface area contributed by atoms with E-state index in [1.807, 2.05) is 31.2 Å². The smallest absolute Gasteiger partial charge is 0.107 e. The van der Waals surface area contributed by atoms with E-state index in [1.165, 1.54) is 5.56 Å². The molecule has 0 unspecified atom stereocenters. The summed E-state index contributed by atoms with van der Waals surface area (Å²) in [6.07, 6.45) is 0. The summed E-state index contributed by atoms with van der Waals surface area (Å²) in [5, 5.41) is 8.09. The molecule has 2 nitrogen and oxygen atoms in total. The molecule has 0 amide bonds. The molecule has 0 heterocycles. The molecule has 1 aromatic rings. The van der Waals surface area contributed by atoms with Gasteiger partial charge in [0.2, 0.25) is 0 Å². The summed E-state index contributed by atoms with van der Waals surface area (Å²) < 4.78 is 0. The van der Waals surface area contributed by atoms with Crippen LogP contribution in [0.5, 0.6) is 0 Å². The van der Waals surface area contributed by atoms with Gasteiger partial charge in [0.25, 0.3) is 0 Å². The Morgan fingerprint density at radius 2 is 1.75 bits per heavy atom. The molecule has 0 saturated heterocycles. The zero-order valence-electron chi connectivity index (χ0n) is 7.45. The minimum atomic E-state index is 0. The monoisotopic (exact) mass is 242 g/mol. The quantitative estimate of drug-likeness (QED) is 0.490. The van der Waals surface area contributed by atoms with E-state index in [1.54, 1.807) is 0 Å². The fourth-order valence-electron chi connectivity index (χ4n) is 0.759. The fraction of sp³-hybridized carbons (Fsp3) is 0.222. The average Bonchev–Trinajstić information content (AvgIpc) is 1.95. The van der Waals surface area contributed by atoms with E-state index in [0.29, 0.717) is 0 Å². The summed E-state index contributed by atoms with van der Waals surface area (Å²) in [4.78, 5) is 3.97. The molecule has 1 rings (SSSR count). The first-order valence-corrected chi connectivity index (χ1v) is 3.15. The van der Waals surface area contributed by atoms with Gasteiger partial charge in [-0.1, -0.05) is 29.8 Å². The van der Waals surface area contributed by atoms with Gasteiger partial charge in [-0.25, -0.2) is 4.89 Å². The Bertz CT molecular complexity index is 196. The molecule has 0 saturated carbocycles. The Labute approximate surface area is 98.8 Å². The molecule has 0 aliphatic rings. The third kappa shape index (κ3) is 4.99. The third-order valence-corrected chi connectivity index (χ3v) is 1.35. The minimum Gasteiger partial charge on any atom is -0.358 e. The van der Waals surface area contributed by atoms with Gasteiger partial charge in [-0.05, 0) is 12.5 Å². The predicted molar refractivity (Wildman–Crippen MR) is 45.0 cm³/mol. The molecule has 1 radical (unpaired) electrons. The van der Waals surface area contributed by atoms with Gasteiger partial charge in [0.1, 0.15) is 6.61 Å². The second kappa shape index (κ2) is 7.87. The van der Waals surface area contributed by atoms with Crippen LogP contribution < -0.4 is 0 Å². The number of benzene rings is 1. The van der Waals surface area contributed by atoms with E-state index in [2.05, 4.69) is 4.89 Å². The molecule has 3 heteroatoms. The molecule has 0 aromatic heterocycles. The average molecular weight is 242 g/mol. The Hall–Kier alpha value is 0.244. The zero-order chi connectivity index (χ0) is 7.40. The molecule has 0 aliphatic carbocycles. The van der Waals surface area contributed by atoms with Crippen LogP contribution in [0.2, 0.25) is 0 Å². The van der Waals surface area contributed by atoms with Crippen LogP contribution in [0.15, 0.2) is 24.3 Å². The molecular formula is C9H13O2Y-. The zero-order valence-corrected chi connectivity index (χ0v) is 10.3. The molecular weight excluding hydrogens is 229 g/mol. The van der Waals surface area contributed by atoms with Gasteiger partial charge in [-0.3, -0.25) is 5.26 Å². The van der Waals surface area contributed by atoms with Crippen LogP contribution in [-0.4, -0.2) is 5.26 Å². The molecule has 0 aliphatic heterocycles. The van der Waals surface area contributed by atoms with Gasteiger partial charge in [0, 0.05) is 32.7 Å². The Balaban J connectivity index is 0. The Morgan fingerprint density at radius 1 is 1.25 bits per heavy atom. The molecule has 0 spiro atoms. The molecule has 1 N–H and O–H groups in total. The predicted octanol–water partition coefficient (Wildman–Crippen LogP) is 2.43. The van der Waals surface area contributed by atoms with Crippen molar-refractivity contribution < 1.29 is 42.9 Å². The van der Waals surface area contributed by atoms with Crippen molar-refractivity contribution in [2.24, 2.45) is 0 Å². The van der Waals surface area contributed by atoms with Crippen molar-refractivity contribution in [3.63, 3.8) is 0 Å². The minimum absolute atomic E-state index is 0. The first-order valence-electron chi connectivity index (χ1n) is 3.15. The number of hydrogen-bond donors (Lipinski definition) is 1. The van der Waals surface area contributed by atoms with E-state index in [0.717, 1.165) is 5.56 Å². The van der Waals surface area contributed by atoms with Crippen LogP contribution in [0.3, 0.4) is 0 Å². The van der Waals surface area contributed by atoms with Gasteiger partial charge < -0.3 is 7.43 Å². The maximum Gasteiger partial charge on any atom is 0.107 e. The first kappa shape index (κ1) is 14.8. The summed E-state index contributed by atoms with van der Waals surface area (Å²) in [7, 11) is 0. The van der Waals surface area contributed by atoms with Crippen LogP contribution in [0.1, 0.15) is 11.1 Å². The van der Waals surface area contributed by atoms with Crippen molar-refractivity contribution in [1.29, 1.82) is 0 Å². The van der Waals surface area contributed by atoms with Crippen molar-refractivity contribution in [2.75, 3.05) is 0 Å². The van der Waals surface area contributed by atoms with Gasteiger partial charge in [-0.15, -0.1) is 0 Å². The van der Waals surface area contributed by atoms with Gasteiger partial charge >= 0.3 is 0 Å². The number of aryl methyl sites for hydroxylation is 1. The fourth-order valence-corrected chi connectivity index (χ4v) is 0.759. The second-order valence-corrected chi connectivity index (χ2v) is 2.26. The van der Waals surface area contributed by atoms with Crippen LogP contribution in [-0.2, 0) is 44.2 Å². The Kier molecular flexibility index (Phi) is 9.67. The summed E-state index contributed by atoms with van der Waals surface area (Å²) in [5.74, 6) is 0. The second-order valence-electron chi connectivity index (χ2n) is 2.26. The molecule has 0 bridgehead atoms. The maximum atomic E-state index is 8.09. The largest absolute Gasteiger partial charge is 0.358 e. The van der Waals surface area contributed by atoms with Crippen LogP contribution in [0.4, 0.5) is 0 Å². The summed E-state index contributed by atoms with van der Waals surface area (Å²) in [6, 6.07) is 7.81. The van der Waals surface area contributed by atoms with Crippen molar-refractivity contribution in [3.05, 3.63) is 42.8 Å². The van der Waals surface area contributed by atoms with Crippen molar-refractivity contribution in [1.82, 2.24) is 0 Å². The molecule has 0 fully saturated rings. The Morgan fingerprint density at radius 3 is 2.17 bits per heavy atom. The molecule has 1 aromatic carbocycles. The van der Waals surface area contributed by atoms with E-state index in [4.69, 9.17) is 5.26 Å². The van der Waals surface area contributed by atoms with Crippen molar-refractivity contribution in [3.8, 4) is 0 Å². The summed E-state index contributed by atoms with van der Waals surface area (Å²) in [5.41, 5.74) is 2.19. The van der Waals surface area contributed by atoms with E-state index in [9.17, 15) is 0 Å².